The first-order valence-corrected chi connectivity index (χ1v) is 17.5. The van der Waals surface area contributed by atoms with Crippen molar-refractivity contribution in [2.45, 2.75) is 65.5 Å². The standard InChI is InChI=1S/C10H17N3O.2C9H15N3O.C2HF3O2.CH2Cl2/c1-4-10-7-12(2)6-5-8(10)11-13(3)9(10)14;2*1-3-9-6-10-5-4-7(9)11-12(2)8(9)13;3-2(4,5)1(6)7;2-1-3/h4-7H2,1-3H3;2*10H,3-6H2,1-2H3;(H,6,7);1H2. The van der Waals surface area contributed by atoms with E-state index in [4.69, 9.17) is 33.1 Å². The average molecular weight is 757 g/mol. The van der Waals surface area contributed by atoms with Gasteiger partial charge in [-0.2, -0.15) is 28.5 Å². The van der Waals surface area contributed by atoms with Gasteiger partial charge in [-0.15, -0.1) is 23.2 Å². The van der Waals surface area contributed by atoms with Crippen molar-refractivity contribution < 1.29 is 37.5 Å². The Balaban J connectivity index is 0.000000230. The van der Waals surface area contributed by atoms with Crippen molar-refractivity contribution in [2.24, 2.45) is 31.5 Å². The molecule has 0 bridgehead atoms. The molecule has 0 aliphatic carbocycles. The van der Waals surface area contributed by atoms with Crippen molar-refractivity contribution >= 4 is 64.0 Å². The summed E-state index contributed by atoms with van der Waals surface area (Å²) < 4.78 is 31.7. The molecule has 50 heavy (non-hydrogen) atoms. The van der Waals surface area contributed by atoms with E-state index in [1.165, 1.54) is 15.0 Å². The molecule has 3 amide bonds. The van der Waals surface area contributed by atoms with Crippen LogP contribution in [0.2, 0.25) is 0 Å². The summed E-state index contributed by atoms with van der Waals surface area (Å²) in [7, 11) is 7.31. The number of likely N-dealkylation sites (tertiary alicyclic amines) is 1. The first-order chi connectivity index (χ1) is 23.4. The molecule has 3 atom stereocenters. The van der Waals surface area contributed by atoms with Gasteiger partial charge in [0.2, 0.25) is 0 Å². The molecule has 0 aromatic heterocycles. The minimum Gasteiger partial charge on any atom is -0.475 e. The molecule has 3 unspecified atom stereocenters. The summed E-state index contributed by atoms with van der Waals surface area (Å²) in [4.78, 5) is 46.9. The first-order valence-electron chi connectivity index (χ1n) is 16.5. The van der Waals surface area contributed by atoms with Crippen LogP contribution in [0.5, 0.6) is 0 Å². The number of carboxylic acids is 1. The van der Waals surface area contributed by atoms with Crippen LogP contribution in [-0.4, -0.2) is 145 Å². The molecule has 6 aliphatic rings. The molecule has 0 radical (unpaired) electrons. The number of aliphatic carboxylic acids is 1. The normalized spacial score (nSPS) is 28.5. The van der Waals surface area contributed by atoms with E-state index < -0.39 is 12.1 Å². The minimum atomic E-state index is -5.08. The zero-order chi connectivity index (χ0) is 38.1. The lowest BCUT2D eigenvalue weighted by Crippen LogP contribution is -2.51. The molecule has 6 aliphatic heterocycles. The Morgan fingerprint density at radius 3 is 1.36 bits per heavy atom. The van der Waals surface area contributed by atoms with E-state index in [0.717, 1.165) is 94.9 Å². The Bertz CT molecular complexity index is 1290. The molecule has 0 aromatic rings. The lowest BCUT2D eigenvalue weighted by Gasteiger charge is -2.36. The van der Waals surface area contributed by atoms with Gasteiger partial charge in [0.15, 0.2) is 0 Å². The molecule has 0 saturated carbocycles. The average Bonchev–Trinajstić information content (AvgIpc) is 3.60. The highest BCUT2D eigenvalue weighted by Gasteiger charge is 2.52. The second-order valence-electron chi connectivity index (χ2n) is 12.7. The van der Waals surface area contributed by atoms with E-state index in [-0.39, 0.29) is 39.3 Å². The number of hydrogen-bond acceptors (Lipinski definition) is 10. The van der Waals surface area contributed by atoms with Crippen LogP contribution in [0.25, 0.3) is 0 Å². The fourth-order valence-electron chi connectivity index (χ4n) is 6.93. The van der Waals surface area contributed by atoms with Crippen LogP contribution in [0.4, 0.5) is 13.2 Å². The monoisotopic (exact) mass is 755 g/mol. The fourth-order valence-corrected chi connectivity index (χ4v) is 6.93. The largest absolute Gasteiger partial charge is 0.490 e. The number of halogens is 5. The van der Waals surface area contributed by atoms with E-state index >= 15 is 0 Å². The SMILES string of the molecule is CCC12CN(C)CCC1=NN(C)C2=O.CCC12CNCCC1=NN(C)C2=O.CCC12CNCCC1=NN(C)C2=O.ClCCl.O=C(O)C(F)(F)F. The molecular weight excluding hydrogens is 706 g/mol. The van der Waals surface area contributed by atoms with Crippen molar-refractivity contribution in [3.05, 3.63) is 0 Å². The van der Waals surface area contributed by atoms with Crippen LogP contribution >= 0.6 is 23.2 Å². The molecule has 3 fully saturated rings. The molecule has 6 rings (SSSR count). The van der Waals surface area contributed by atoms with E-state index in [9.17, 15) is 27.6 Å². The van der Waals surface area contributed by atoms with Crippen molar-refractivity contribution in [3.8, 4) is 0 Å². The summed E-state index contributed by atoms with van der Waals surface area (Å²) >= 11 is 9.53. The number of carbonyl (C=O) groups is 4. The summed E-state index contributed by atoms with van der Waals surface area (Å²) in [6.45, 7) is 11.4. The number of rotatable bonds is 3. The Morgan fingerprint density at radius 1 is 0.740 bits per heavy atom. The van der Waals surface area contributed by atoms with E-state index in [2.05, 4.69) is 58.7 Å². The number of nitrogens with one attached hydrogen (secondary N) is 2. The van der Waals surface area contributed by atoms with Gasteiger partial charge in [0.25, 0.3) is 17.7 Å². The quantitative estimate of drug-likeness (QED) is 0.371. The third-order valence-corrected chi connectivity index (χ3v) is 9.83. The number of carbonyl (C=O) groups excluding carboxylic acids is 3. The predicted octanol–water partition coefficient (Wildman–Crippen LogP) is 3.01. The molecule has 14 nitrogen and oxygen atoms in total. The number of hydrazone groups is 3. The number of amides is 3. The van der Waals surface area contributed by atoms with Crippen LogP contribution in [0, 0.1) is 16.2 Å². The second kappa shape index (κ2) is 18.1. The van der Waals surface area contributed by atoms with Crippen LogP contribution in [0.15, 0.2) is 15.3 Å². The lowest BCUT2D eigenvalue weighted by atomic mass is 9.76. The molecule has 19 heteroatoms. The molecule has 0 spiro atoms. The second-order valence-corrected chi connectivity index (χ2v) is 13.5. The first kappa shape index (κ1) is 43.3. The Kier molecular flexibility index (Phi) is 15.6. The summed E-state index contributed by atoms with van der Waals surface area (Å²) in [5, 5.41) is 31.3. The zero-order valence-corrected chi connectivity index (χ0v) is 31.3. The van der Waals surface area contributed by atoms with Gasteiger partial charge in [0.1, 0.15) is 16.2 Å². The van der Waals surface area contributed by atoms with Crippen LogP contribution in [-0.2, 0) is 19.2 Å². The van der Waals surface area contributed by atoms with Crippen molar-refractivity contribution in [1.29, 1.82) is 0 Å². The van der Waals surface area contributed by atoms with Crippen molar-refractivity contribution in [2.75, 3.05) is 72.8 Å². The Labute approximate surface area is 301 Å². The molecule has 6 heterocycles. The smallest absolute Gasteiger partial charge is 0.475 e. The third kappa shape index (κ3) is 9.13. The highest BCUT2D eigenvalue weighted by molar-refractivity contribution is 6.40. The number of hydrogen-bond donors (Lipinski definition) is 3. The summed E-state index contributed by atoms with van der Waals surface area (Å²) in [6.07, 6.45) is 0.220. The number of nitrogens with zero attached hydrogens (tertiary/aromatic N) is 7. The summed E-state index contributed by atoms with van der Waals surface area (Å²) in [6, 6.07) is 0. The molecular formula is C31H50Cl2F3N9O5. The predicted molar refractivity (Wildman–Crippen MR) is 186 cm³/mol. The van der Waals surface area contributed by atoms with Gasteiger partial charge in [-0.05, 0) is 26.3 Å². The maximum atomic E-state index is 12.0. The van der Waals surface area contributed by atoms with Gasteiger partial charge in [-0.3, -0.25) is 14.4 Å². The number of fused-ring (bicyclic) bond motifs is 3. The van der Waals surface area contributed by atoms with Gasteiger partial charge >= 0.3 is 12.1 Å². The van der Waals surface area contributed by atoms with Gasteiger partial charge in [-0.25, -0.2) is 19.8 Å². The lowest BCUT2D eigenvalue weighted by molar-refractivity contribution is -0.192. The zero-order valence-electron chi connectivity index (χ0n) is 29.8. The molecule has 3 N–H and O–H groups in total. The van der Waals surface area contributed by atoms with Crippen LogP contribution in [0.3, 0.4) is 0 Å². The van der Waals surface area contributed by atoms with Gasteiger partial charge in [-0.1, -0.05) is 20.8 Å². The molecule has 3 saturated heterocycles. The highest BCUT2D eigenvalue weighted by atomic mass is 35.5. The van der Waals surface area contributed by atoms with Crippen LogP contribution in [0.1, 0.15) is 59.3 Å². The van der Waals surface area contributed by atoms with E-state index in [0.29, 0.717) is 0 Å². The maximum Gasteiger partial charge on any atom is 0.490 e. The van der Waals surface area contributed by atoms with Crippen molar-refractivity contribution in [3.63, 3.8) is 0 Å². The topological polar surface area (TPSA) is 163 Å². The third-order valence-electron chi connectivity index (χ3n) is 9.83. The van der Waals surface area contributed by atoms with Gasteiger partial charge < -0.3 is 20.6 Å². The van der Waals surface area contributed by atoms with E-state index in [1.807, 2.05) is 0 Å². The molecule has 284 valence electrons. The summed E-state index contributed by atoms with van der Waals surface area (Å²) in [5.74, 6) is -2.29. The van der Waals surface area contributed by atoms with Gasteiger partial charge in [0, 0.05) is 79.7 Å². The van der Waals surface area contributed by atoms with Gasteiger partial charge in [0.05, 0.1) is 22.5 Å². The van der Waals surface area contributed by atoms with E-state index in [1.54, 1.807) is 21.1 Å². The molecule has 0 aromatic carbocycles. The number of carboxylic acid groups (broad SMARTS) is 1. The fraction of sp³-hybridized carbons (Fsp3) is 0.774. The summed E-state index contributed by atoms with van der Waals surface area (Å²) in [5.41, 5.74) is 2.30. The number of alkyl halides is 5. The Hall–Kier alpha value is -2.86. The highest BCUT2D eigenvalue weighted by Crippen LogP contribution is 2.38. The maximum absolute atomic E-state index is 12.0. The Morgan fingerprint density at radius 2 is 1.06 bits per heavy atom. The van der Waals surface area contributed by atoms with Crippen LogP contribution < -0.4 is 10.6 Å². The minimum absolute atomic E-state index is 0.150. The number of piperidine rings is 3. The van der Waals surface area contributed by atoms with Crippen molar-refractivity contribution in [1.82, 2.24) is 30.6 Å².